The number of amides is 1. The first kappa shape index (κ1) is 18.0. The molecule has 3 rings (SSSR count). The Hall–Kier alpha value is -2.83. The van der Waals surface area contributed by atoms with E-state index >= 15 is 0 Å². The molecule has 3 heterocycles. The number of carbonyl (C=O) groups is 1. The van der Waals surface area contributed by atoms with E-state index < -0.39 is 0 Å². The highest BCUT2D eigenvalue weighted by atomic mass is 16.2. The lowest BCUT2D eigenvalue weighted by molar-refractivity contribution is -0.119. The van der Waals surface area contributed by atoms with E-state index in [2.05, 4.69) is 34.2 Å². The zero-order valence-electron chi connectivity index (χ0n) is 15.5. The van der Waals surface area contributed by atoms with Gasteiger partial charge in [0.2, 0.25) is 5.91 Å². The van der Waals surface area contributed by atoms with E-state index in [1.54, 1.807) is 12.5 Å². The van der Waals surface area contributed by atoms with Crippen LogP contribution in [0.1, 0.15) is 50.2 Å². The van der Waals surface area contributed by atoms with Crippen molar-refractivity contribution >= 4 is 11.7 Å². The second kappa shape index (κ2) is 8.03. The fraction of sp³-hybridized carbons (Fsp3) is 0.421. The molecule has 138 valence electrons. The van der Waals surface area contributed by atoms with Crippen molar-refractivity contribution < 1.29 is 4.79 Å². The number of aromatic amines is 1. The van der Waals surface area contributed by atoms with Crippen LogP contribution in [0.5, 0.6) is 0 Å². The highest BCUT2D eigenvalue weighted by Crippen LogP contribution is 2.23. The SMILES string of the molecule is CCC(CC)n1nc(C)cc1NC(=O)C(Cc1cnc[nH]1)n1cccc1. The van der Waals surface area contributed by atoms with Crippen molar-refractivity contribution in [1.82, 2.24) is 24.3 Å². The molecular formula is C19H26N6O. The largest absolute Gasteiger partial charge is 0.348 e. The maximum absolute atomic E-state index is 13.1. The Morgan fingerprint density at radius 2 is 2.00 bits per heavy atom. The molecule has 7 nitrogen and oxygen atoms in total. The van der Waals surface area contributed by atoms with Crippen LogP contribution in [-0.2, 0) is 11.2 Å². The number of nitrogens with one attached hydrogen (secondary N) is 2. The fourth-order valence-electron chi connectivity index (χ4n) is 3.23. The molecule has 1 unspecified atom stereocenters. The molecule has 1 atom stereocenters. The summed E-state index contributed by atoms with van der Waals surface area (Å²) in [6.07, 6.45) is 9.67. The third kappa shape index (κ3) is 3.87. The lowest BCUT2D eigenvalue weighted by Crippen LogP contribution is -2.28. The lowest BCUT2D eigenvalue weighted by atomic mass is 10.1. The summed E-state index contributed by atoms with van der Waals surface area (Å²) in [7, 11) is 0. The zero-order chi connectivity index (χ0) is 18.5. The summed E-state index contributed by atoms with van der Waals surface area (Å²) in [4.78, 5) is 20.2. The minimum atomic E-state index is -0.365. The topological polar surface area (TPSA) is 80.5 Å². The van der Waals surface area contributed by atoms with Crippen LogP contribution >= 0.6 is 0 Å². The van der Waals surface area contributed by atoms with Gasteiger partial charge in [-0.1, -0.05) is 13.8 Å². The Bertz CT molecular complexity index is 814. The van der Waals surface area contributed by atoms with Gasteiger partial charge in [-0.15, -0.1) is 0 Å². The van der Waals surface area contributed by atoms with Crippen molar-refractivity contribution in [3.8, 4) is 0 Å². The molecule has 0 aliphatic carbocycles. The minimum absolute atomic E-state index is 0.0668. The first-order valence-corrected chi connectivity index (χ1v) is 9.09. The molecule has 0 bridgehead atoms. The van der Waals surface area contributed by atoms with Gasteiger partial charge in [0.05, 0.1) is 18.1 Å². The van der Waals surface area contributed by atoms with Crippen LogP contribution in [0.4, 0.5) is 5.82 Å². The summed E-state index contributed by atoms with van der Waals surface area (Å²) in [6.45, 7) is 6.22. The third-order valence-electron chi connectivity index (χ3n) is 4.66. The van der Waals surface area contributed by atoms with Crippen LogP contribution in [-0.4, -0.2) is 30.2 Å². The molecule has 7 heteroatoms. The van der Waals surface area contributed by atoms with Crippen molar-refractivity contribution in [2.75, 3.05) is 5.32 Å². The number of imidazole rings is 1. The summed E-state index contributed by atoms with van der Waals surface area (Å²) in [5.74, 6) is 0.686. The number of aryl methyl sites for hydroxylation is 1. The number of hydrogen-bond acceptors (Lipinski definition) is 3. The van der Waals surface area contributed by atoms with Crippen molar-refractivity contribution in [3.63, 3.8) is 0 Å². The van der Waals surface area contributed by atoms with Crippen LogP contribution < -0.4 is 5.32 Å². The van der Waals surface area contributed by atoms with Gasteiger partial charge in [0, 0.05) is 36.8 Å². The molecule has 0 fully saturated rings. The molecule has 0 aliphatic rings. The van der Waals surface area contributed by atoms with E-state index in [1.165, 1.54) is 0 Å². The molecule has 2 N–H and O–H groups in total. The van der Waals surface area contributed by atoms with Gasteiger partial charge in [-0.2, -0.15) is 5.10 Å². The lowest BCUT2D eigenvalue weighted by Gasteiger charge is -2.21. The molecule has 3 aromatic heterocycles. The summed E-state index contributed by atoms with van der Waals surface area (Å²) in [5.41, 5.74) is 1.82. The van der Waals surface area contributed by atoms with Crippen molar-refractivity contribution in [2.45, 2.75) is 52.1 Å². The smallest absolute Gasteiger partial charge is 0.248 e. The van der Waals surface area contributed by atoms with Gasteiger partial charge in [0.1, 0.15) is 11.9 Å². The molecule has 0 aliphatic heterocycles. The Kier molecular flexibility index (Phi) is 5.55. The number of H-pyrrole nitrogens is 1. The maximum Gasteiger partial charge on any atom is 0.248 e. The quantitative estimate of drug-likeness (QED) is 0.650. The number of carbonyl (C=O) groups excluding carboxylic acids is 1. The first-order chi connectivity index (χ1) is 12.6. The van der Waals surface area contributed by atoms with Gasteiger partial charge in [-0.25, -0.2) is 9.67 Å². The van der Waals surface area contributed by atoms with Crippen LogP contribution in [0, 0.1) is 6.92 Å². The molecule has 0 aromatic carbocycles. The van der Waals surface area contributed by atoms with E-state index in [9.17, 15) is 4.79 Å². The number of rotatable bonds is 8. The van der Waals surface area contributed by atoms with Crippen molar-refractivity contribution in [3.05, 3.63) is 54.5 Å². The normalized spacial score (nSPS) is 12.5. The second-order valence-electron chi connectivity index (χ2n) is 6.50. The van der Waals surface area contributed by atoms with E-state index in [4.69, 9.17) is 0 Å². The van der Waals surface area contributed by atoms with Gasteiger partial charge >= 0.3 is 0 Å². The summed E-state index contributed by atoms with van der Waals surface area (Å²) >= 11 is 0. The molecule has 26 heavy (non-hydrogen) atoms. The predicted molar refractivity (Wildman–Crippen MR) is 101 cm³/mol. The molecular weight excluding hydrogens is 328 g/mol. The average molecular weight is 354 g/mol. The Morgan fingerprint density at radius 1 is 1.27 bits per heavy atom. The summed E-state index contributed by atoms with van der Waals surface area (Å²) in [6, 6.07) is 5.68. The van der Waals surface area contributed by atoms with E-state index in [0.29, 0.717) is 6.42 Å². The van der Waals surface area contributed by atoms with Crippen molar-refractivity contribution in [1.29, 1.82) is 0 Å². The van der Waals surface area contributed by atoms with Gasteiger partial charge in [0.25, 0.3) is 0 Å². The van der Waals surface area contributed by atoms with Gasteiger partial charge in [-0.3, -0.25) is 4.79 Å². The van der Waals surface area contributed by atoms with Gasteiger partial charge in [0.15, 0.2) is 0 Å². The van der Waals surface area contributed by atoms with E-state index in [1.807, 2.05) is 46.8 Å². The predicted octanol–water partition coefficient (Wildman–Crippen LogP) is 3.50. The van der Waals surface area contributed by atoms with E-state index in [-0.39, 0.29) is 18.0 Å². The maximum atomic E-state index is 13.1. The first-order valence-electron chi connectivity index (χ1n) is 9.09. The van der Waals surface area contributed by atoms with Crippen LogP contribution in [0.15, 0.2) is 43.1 Å². The minimum Gasteiger partial charge on any atom is -0.348 e. The third-order valence-corrected chi connectivity index (χ3v) is 4.66. The van der Waals surface area contributed by atoms with Crippen LogP contribution in [0.25, 0.3) is 0 Å². The van der Waals surface area contributed by atoms with E-state index in [0.717, 1.165) is 30.0 Å². The molecule has 1 amide bonds. The number of nitrogens with zero attached hydrogens (tertiary/aromatic N) is 4. The fourth-order valence-corrected chi connectivity index (χ4v) is 3.23. The standard InChI is InChI=1S/C19H26N6O/c1-4-16(5-2)25-18(10-14(3)23-25)22-19(26)17(24-8-6-7-9-24)11-15-12-20-13-21-15/h6-10,12-13,16-17H,4-5,11H2,1-3H3,(H,20,21)(H,22,26). The Labute approximate surface area is 153 Å². The summed E-state index contributed by atoms with van der Waals surface area (Å²) in [5, 5.41) is 7.67. The second-order valence-corrected chi connectivity index (χ2v) is 6.50. The zero-order valence-corrected chi connectivity index (χ0v) is 15.5. The molecule has 0 spiro atoms. The van der Waals surface area contributed by atoms with Gasteiger partial charge < -0.3 is 14.9 Å². The Balaban J connectivity index is 1.84. The molecule has 0 radical (unpaired) electrons. The van der Waals surface area contributed by atoms with Crippen LogP contribution in [0.2, 0.25) is 0 Å². The highest BCUT2D eigenvalue weighted by Gasteiger charge is 2.23. The summed E-state index contributed by atoms with van der Waals surface area (Å²) < 4.78 is 3.86. The van der Waals surface area contributed by atoms with Crippen molar-refractivity contribution in [2.24, 2.45) is 0 Å². The number of hydrogen-bond donors (Lipinski definition) is 2. The Morgan fingerprint density at radius 3 is 2.62 bits per heavy atom. The molecule has 0 saturated heterocycles. The number of anilines is 1. The molecule has 0 saturated carbocycles. The number of aromatic nitrogens is 5. The monoisotopic (exact) mass is 354 g/mol. The highest BCUT2D eigenvalue weighted by molar-refractivity contribution is 5.93. The van der Waals surface area contributed by atoms with Gasteiger partial charge in [-0.05, 0) is 31.9 Å². The van der Waals surface area contributed by atoms with Crippen LogP contribution in [0.3, 0.4) is 0 Å². The average Bonchev–Trinajstić information content (AvgIpc) is 3.36. The molecule has 3 aromatic rings.